The van der Waals surface area contributed by atoms with Crippen LogP contribution >= 0.6 is 0 Å². The molecule has 146 valence electrons. The van der Waals surface area contributed by atoms with E-state index in [4.69, 9.17) is 0 Å². The van der Waals surface area contributed by atoms with Gasteiger partial charge in [0.25, 0.3) is 0 Å². The highest BCUT2D eigenvalue weighted by Gasteiger charge is 2.25. The molecule has 0 saturated heterocycles. The fourth-order valence-electron chi connectivity index (χ4n) is 6.09. The number of benzene rings is 6. The number of rotatable bonds is 1. The Balaban J connectivity index is 1.47. The first-order chi connectivity index (χ1) is 15.9. The minimum Gasteiger partial charge on any atom is -0.0616 e. The molecule has 0 amide bonds. The predicted molar refractivity (Wildman–Crippen MR) is 136 cm³/mol. The minimum atomic E-state index is 1.32. The van der Waals surface area contributed by atoms with Crippen LogP contribution in [-0.2, 0) is 0 Å². The summed E-state index contributed by atoms with van der Waals surface area (Å²) in [5.41, 5.74) is 13.4. The molecule has 2 aliphatic rings. The molecule has 0 atom stereocenters. The van der Waals surface area contributed by atoms with Gasteiger partial charge in [0.2, 0.25) is 0 Å². The summed E-state index contributed by atoms with van der Waals surface area (Å²) in [6.45, 7) is 0. The van der Waals surface area contributed by atoms with Crippen LogP contribution in [0.1, 0.15) is 0 Å². The molecule has 8 rings (SSSR count). The van der Waals surface area contributed by atoms with Crippen LogP contribution in [0.2, 0.25) is 0 Å². The second-order valence-electron chi connectivity index (χ2n) is 8.87. The fraction of sp³-hybridized carbons (Fsp3) is 0. The molecule has 0 nitrogen and oxygen atoms in total. The third-order valence-corrected chi connectivity index (χ3v) is 7.39. The summed E-state index contributed by atoms with van der Waals surface area (Å²) >= 11 is 0. The van der Waals surface area contributed by atoms with E-state index in [9.17, 15) is 0 Å². The lowest BCUT2D eigenvalue weighted by Gasteiger charge is -2.13. The maximum absolute atomic E-state index is 2.33. The lowest BCUT2D eigenvalue weighted by molar-refractivity contribution is 1.69. The van der Waals surface area contributed by atoms with Crippen molar-refractivity contribution in [1.82, 2.24) is 0 Å². The molecular weight excluding hydrogens is 384 g/mol. The molecule has 0 aromatic heterocycles. The van der Waals surface area contributed by atoms with Gasteiger partial charge in [-0.2, -0.15) is 0 Å². The first-order valence-corrected chi connectivity index (χ1v) is 11.2. The lowest BCUT2D eigenvalue weighted by atomic mass is 9.90. The van der Waals surface area contributed by atoms with Crippen molar-refractivity contribution in [2.75, 3.05) is 0 Å². The van der Waals surface area contributed by atoms with Gasteiger partial charge < -0.3 is 0 Å². The van der Waals surface area contributed by atoms with E-state index in [1.54, 1.807) is 0 Å². The zero-order valence-corrected chi connectivity index (χ0v) is 17.4. The Bertz CT molecular complexity index is 1580. The van der Waals surface area contributed by atoms with Crippen molar-refractivity contribution in [2.24, 2.45) is 0 Å². The third kappa shape index (κ3) is 1.89. The highest BCUT2D eigenvalue weighted by molar-refractivity contribution is 6.23. The van der Waals surface area contributed by atoms with Crippen molar-refractivity contribution < 1.29 is 0 Å². The van der Waals surface area contributed by atoms with Gasteiger partial charge in [0.15, 0.2) is 0 Å². The maximum atomic E-state index is 2.33. The highest BCUT2D eigenvalue weighted by Crippen LogP contribution is 2.52. The van der Waals surface area contributed by atoms with Gasteiger partial charge in [-0.3, -0.25) is 0 Å². The zero-order chi connectivity index (χ0) is 20.8. The normalized spacial score (nSPS) is 12.4. The van der Waals surface area contributed by atoms with Crippen molar-refractivity contribution >= 4 is 21.5 Å². The molecular formula is C32H18. The molecule has 32 heavy (non-hydrogen) atoms. The van der Waals surface area contributed by atoms with E-state index in [2.05, 4.69) is 109 Å². The SMILES string of the molecule is c1ccc2c(c1)-c1cccc3c(-c4ccc5c6c(cccc46)-c4ccccc4-5)ccc-2c13. The lowest BCUT2D eigenvalue weighted by Crippen LogP contribution is -1.86. The highest BCUT2D eigenvalue weighted by atomic mass is 14.3. The van der Waals surface area contributed by atoms with Crippen molar-refractivity contribution in [3.05, 3.63) is 109 Å². The molecule has 6 aromatic carbocycles. The average Bonchev–Trinajstić information content (AvgIpc) is 3.36. The van der Waals surface area contributed by atoms with E-state index in [1.165, 1.54) is 77.2 Å². The van der Waals surface area contributed by atoms with Crippen LogP contribution in [0.15, 0.2) is 109 Å². The third-order valence-electron chi connectivity index (χ3n) is 7.39. The van der Waals surface area contributed by atoms with Crippen molar-refractivity contribution in [3.63, 3.8) is 0 Å². The summed E-state index contributed by atoms with van der Waals surface area (Å²) in [5, 5.41) is 5.45. The van der Waals surface area contributed by atoms with Crippen molar-refractivity contribution in [3.8, 4) is 55.6 Å². The molecule has 0 N–H and O–H groups in total. The van der Waals surface area contributed by atoms with Crippen LogP contribution in [0.5, 0.6) is 0 Å². The number of hydrogen-bond donors (Lipinski definition) is 0. The molecule has 0 bridgehead atoms. The van der Waals surface area contributed by atoms with Crippen LogP contribution in [0.25, 0.3) is 77.2 Å². The van der Waals surface area contributed by atoms with E-state index in [1.807, 2.05) is 0 Å². The second kappa shape index (κ2) is 5.75. The molecule has 0 heteroatoms. The quantitative estimate of drug-likeness (QED) is 0.257. The molecule has 0 radical (unpaired) electrons. The molecule has 0 unspecified atom stereocenters. The minimum absolute atomic E-state index is 1.32. The first-order valence-electron chi connectivity index (χ1n) is 11.2. The Morgan fingerprint density at radius 3 is 0.938 bits per heavy atom. The second-order valence-corrected chi connectivity index (χ2v) is 8.87. The van der Waals surface area contributed by atoms with Gasteiger partial charge in [-0.15, -0.1) is 0 Å². The summed E-state index contributed by atoms with van der Waals surface area (Å²) in [6, 6.07) is 40.4. The largest absolute Gasteiger partial charge is 0.0616 e. The van der Waals surface area contributed by atoms with Crippen molar-refractivity contribution in [1.29, 1.82) is 0 Å². The standard InChI is InChI=1S/C32H18/c1-3-9-21-19(7-1)25-11-5-13-27-23(15-17-29(21)31(25)27)24-16-18-30-22-10-4-2-8-20(22)26-12-6-14-28(24)32(26)30/h1-18H. The molecule has 0 saturated carbocycles. The van der Waals surface area contributed by atoms with Gasteiger partial charge in [-0.1, -0.05) is 109 Å². The van der Waals surface area contributed by atoms with Gasteiger partial charge >= 0.3 is 0 Å². The molecule has 0 heterocycles. The van der Waals surface area contributed by atoms with Gasteiger partial charge in [-0.25, -0.2) is 0 Å². The topological polar surface area (TPSA) is 0 Å². The molecule has 0 spiro atoms. The Kier molecular flexibility index (Phi) is 2.97. The van der Waals surface area contributed by atoms with E-state index in [0.717, 1.165) is 0 Å². The average molecular weight is 402 g/mol. The summed E-state index contributed by atoms with van der Waals surface area (Å²) < 4.78 is 0. The van der Waals surface area contributed by atoms with E-state index in [-0.39, 0.29) is 0 Å². The maximum Gasteiger partial charge on any atom is -0.00201 e. The Morgan fingerprint density at radius 2 is 0.531 bits per heavy atom. The zero-order valence-electron chi connectivity index (χ0n) is 17.4. The van der Waals surface area contributed by atoms with Crippen LogP contribution in [-0.4, -0.2) is 0 Å². The van der Waals surface area contributed by atoms with E-state index in [0.29, 0.717) is 0 Å². The summed E-state index contributed by atoms with van der Waals surface area (Å²) in [7, 11) is 0. The summed E-state index contributed by atoms with van der Waals surface area (Å²) in [4.78, 5) is 0. The van der Waals surface area contributed by atoms with Gasteiger partial charge in [-0.05, 0) is 77.2 Å². The summed E-state index contributed by atoms with van der Waals surface area (Å²) in [6.07, 6.45) is 0. The fourth-order valence-corrected chi connectivity index (χ4v) is 6.09. The van der Waals surface area contributed by atoms with Crippen LogP contribution in [0.3, 0.4) is 0 Å². The van der Waals surface area contributed by atoms with Crippen LogP contribution < -0.4 is 0 Å². The predicted octanol–water partition coefficient (Wildman–Crippen LogP) is 8.95. The smallest absolute Gasteiger partial charge is 0.00201 e. The molecule has 0 fully saturated rings. The summed E-state index contributed by atoms with van der Waals surface area (Å²) in [5.74, 6) is 0. The van der Waals surface area contributed by atoms with E-state index < -0.39 is 0 Å². The van der Waals surface area contributed by atoms with E-state index >= 15 is 0 Å². The Labute approximate surface area is 186 Å². The first kappa shape index (κ1) is 16.5. The van der Waals surface area contributed by atoms with Gasteiger partial charge in [0, 0.05) is 0 Å². The monoisotopic (exact) mass is 402 g/mol. The number of hydrogen-bond acceptors (Lipinski definition) is 0. The molecule has 6 aromatic rings. The van der Waals surface area contributed by atoms with Crippen LogP contribution in [0.4, 0.5) is 0 Å². The Hall–Kier alpha value is -4.16. The molecule has 2 aliphatic carbocycles. The van der Waals surface area contributed by atoms with Crippen LogP contribution in [0, 0.1) is 0 Å². The molecule has 0 aliphatic heterocycles. The van der Waals surface area contributed by atoms with Crippen molar-refractivity contribution in [2.45, 2.75) is 0 Å². The Morgan fingerprint density at radius 1 is 0.219 bits per heavy atom. The van der Waals surface area contributed by atoms with Gasteiger partial charge in [0.05, 0.1) is 0 Å². The number of fused-ring (bicyclic) bond motifs is 6. The van der Waals surface area contributed by atoms with Gasteiger partial charge in [0.1, 0.15) is 0 Å².